The van der Waals surface area contributed by atoms with Crippen molar-refractivity contribution >= 4 is 28.4 Å². The van der Waals surface area contributed by atoms with Crippen LogP contribution in [-0.4, -0.2) is 62.5 Å². The molecule has 2 aliphatic rings. The fourth-order valence-electron chi connectivity index (χ4n) is 6.24. The maximum Gasteiger partial charge on any atom is 0.355 e. The zero-order valence-corrected chi connectivity index (χ0v) is 25.3. The number of nitrogens with zero attached hydrogens (tertiary/aromatic N) is 6. The van der Waals surface area contributed by atoms with Crippen molar-refractivity contribution < 1.29 is 13.6 Å². The molecule has 1 unspecified atom stereocenters. The van der Waals surface area contributed by atoms with Crippen LogP contribution >= 0.6 is 0 Å². The highest BCUT2D eigenvalue weighted by molar-refractivity contribution is 5.93. The number of aryl methyl sites for hydroxylation is 1. The average molecular weight is 600 g/mol. The van der Waals surface area contributed by atoms with Gasteiger partial charge in [-0.1, -0.05) is 26.5 Å². The van der Waals surface area contributed by atoms with Gasteiger partial charge in [-0.15, -0.1) is 0 Å². The first kappa shape index (κ1) is 29.4. The van der Waals surface area contributed by atoms with Crippen LogP contribution in [0.15, 0.2) is 53.5 Å². The number of carbonyl (C=O) groups excluding carboxylic acids is 1. The number of pyridine rings is 2. The standard InChI is InChI=1S/C33H35F2N7O2/c1-18(2)27-29-21(11-13-37-27)8-7-12-36-25-10-6-9-23(34)26(25)28-24(35)16-22-30(39-33(44)42(29)31(22)38-28)41-15-14-40(17-20(41)5)32(43)19(3)4/h6,9-11,13,16,18,20,36H,3,7-8,12,14-15,17H2,1-2,4-5H3. The summed E-state index contributed by atoms with van der Waals surface area (Å²) < 4.78 is 33.0. The predicted molar refractivity (Wildman–Crippen MR) is 167 cm³/mol. The van der Waals surface area contributed by atoms with E-state index in [1.54, 1.807) is 30.2 Å². The predicted octanol–water partition coefficient (Wildman–Crippen LogP) is 5.22. The van der Waals surface area contributed by atoms with Crippen molar-refractivity contribution in [2.45, 2.75) is 52.5 Å². The minimum absolute atomic E-state index is 0.000572. The van der Waals surface area contributed by atoms with Crippen LogP contribution in [0.3, 0.4) is 0 Å². The third-order valence-electron chi connectivity index (χ3n) is 8.35. The number of anilines is 2. The molecule has 1 fully saturated rings. The molecule has 2 aliphatic heterocycles. The topological polar surface area (TPSA) is 96.3 Å². The van der Waals surface area contributed by atoms with E-state index in [-0.39, 0.29) is 40.6 Å². The molecule has 1 atom stereocenters. The Morgan fingerprint density at radius 1 is 1.14 bits per heavy atom. The third-order valence-corrected chi connectivity index (χ3v) is 8.35. The van der Waals surface area contributed by atoms with Crippen LogP contribution < -0.4 is 15.9 Å². The molecule has 0 radical (unpaired) electrons. The fourth-order valence-corrected chi connectivity index (χ4v) is 6.24. The maximum absolute atomic E-state index is 16.2. The second kappa shape index (κ2) is 11.4. The fraction of sp³-hybridized carbons (Fsp3) is 0.364. The molecule has 0 spiro atoms. The first-order valence-electron chi connectivity index (χ1n) is 14.9. The normalized spacial score (nSPS) is 16.7. The Morgan fingerprint density at radius 2 is 1.93 bits per heavy atom. The Morgan fingerprint density at radius 3 is 2.66 bits per heavy atom. The summed E-state index contributed by atoms with van der Waals surface area (Å²) in [5, 5.41) is 3.57. The lowest BCUT2D eigenvalue weighted by atomic mass is 10.00. The Bertz CT molecular complexity index is 1870. The molecule has 1 aromatic carbocycles. The van der Waals surface area contributed by atoms with Crippen molar-refractivity contribution in [1.82, 2.24) is 24.4 Å². The van der Waals surface area contributed by atoms with E-state index in [4.69, 9.17) is 4.98 Å². The number of carbonyl (C=O) groups is 1. The van der Waals surface area contributed by atoms with Crippen LogP contribution in [0.2, 0.25) is 0 Å². The summed E-state index contributed by atoms with van der Waals surface area (Å²) in [7, 11) is 0. The van der Waals surface area contributed by atoms with Crippen molar-refractivity contribution in [1.29, 1.82) is 0 Å². The lowest BCUT2D eigenvalue weighted by Crippen LogP contribution is -2.54. The van der Waals surface area contributed by atoms with E-state index in [1.807, 2.05) is 31.7 Å². The number of piperazine rings is 1. The summed E-state index contributed by atoms with van der Waals surface area (Å²) >= 11 is 0. The summed E-state index contributed by atoms with van der Waals surface area (Å²) in [6.07, 6.45) is 3.01. The van der Waals surface area contributed by atoms with Gasteiger partial charge in [-0.05, 0) is 62.4 Å². The molecule has 11 heteroatoms. The summed E-state index contributed by atoms with van der Waals surface area (Å²) in [6, 6.07) is 7.47. The van der Waals surface area contributed by atoms with Crippen molar-refractivity contribution in [3.63, 3.8) is 0 Å². The highest BCUT2D eigenvalue weighted by Gasteiger charge is 2.32. The van der Waals surface area contributed by atoms with Crippen molar-refractivity contribution in [2.24, 2.45) is 0 Å². The van der Waals surface area contributed by atoms with E-state index < -0.39 is 17.3 Å². The summed E-state index contributed by atoms with van der Waals surface area (Å²) in [5.41, 5.74) is 2.37. The monoisotopic (exact) mass is 599 g/mol. The van der Waals surface area contributed by atoms with Crippen molar-refractivity contribution in [3.05, 3.63) is 82.1 Å². The quantitative estimate of drug-likeness (QED) is 0.323. The molecule has 5 heterocycles. The molecular formula is C33H35F2N7O2. The van der Waals surface area contributed by atoms with Crippen LogP contribution in [0.25, 0.3) is 28.0 Å². The van der Waals surface area contributed by atoms with Gasteiger partial charge >= 0.3 is 5.69 Å². The van der Waals surface area contributed by atoms with Gasteiger partial charge in [0.15, 0.2) is 11.5 Å². The van der Waals surface area contributed by atoms with E-state index in [0.29, 0.717) is 67.0 Å². The zero-order chi connectivity index (χ0) is 31.3. The first-order valence-corrected chi connectivity index (χ1v) is 14.9. The molecule has 228 valence electrons. The van der Waals surface area contributed by atoms with Gasteiger partial charge in [0.1, 0.15) is 17.3 Å². The van der Waals surface area contributed by atoms with Gasteiger partial charge in [-0.2, -0.15) is 4.98 Å². The number of rotatable bonds is 3. The number of nitrogens with one attached hydrogen (secondary N) is 1. The lowest BCUT2D eigenvalue weighted by molar-refractivity contribution is -0.127. The minimum atomic E-state index is -0.741. The smallest absolute Gasteiger partial charge is 0.355 e. The molecule has 1 amide bonds. The van der Waals surface area contributed by atoms with Gasteiger partial charge in [-0.3, -0.25) is 9.78 Å². The van der Waals surface area contributed by atoms with Gasteiger partial charge in [-0.25, -0.2) is 23.1 Å². The summed E-state index contributed by atoms with van der Waals surface area (Å²) in [4.78, 5) is 44.4. The Balaban J connectivity index is 1.66. The number of halogens is 2. The van der Waals surface area contributed by atoms with Crippen LogP contribution in [0.4, 0.5) is 20.3 Å². The third kappa shape index (κ3) is 4.99. The number of amides is 1. The molecule has 1 saturated heterocycles. The Labute approximate surface area is 254 Å². The van der Waals surface area contributed by atoms with Gasteiger partial charge in [0, 0.05) is 49.7 Å². The molecule has 6 rings (SSSR count). The highest BCUT2D eigenvalue weighted by Crippen LogP contribution is 2.37. The van der Waals surface area contributed by atoms with Crippen LogP contribution in [0, 0.1) is 11.6 Å². The Kier molecular flexibility index (Phi) is 7.65. The van der Waals surface area contributed by atoms with Crippen LogP contribution in [-0.2, 0) is 11.2 Å². The largest absolute Gasteiger partial charge is 0.384 e. The van der Waals surface area contributed by atoms with Crippen LogP contribution in [0.1, 0.15) is 51.3 Å². The van der Waals surface area contributed by atoms with E-state index >= 15 is 8.78 Å². The minimum Gasteiger partial charge on any atom is -0.384 e. The molecule has 2 bridgehead atoms. The number of hydrogen-bond acceptors (Lipinski definition) is 7. The molecule has 0 saturated carbocycles. The summed E-state index contributed by atoms with van der Waals surface area (Å²) in [5.74, 6) is -1.28. The number of fused-ring (bicyclic) bond motifs is 5. The molecule has 0 aliphatic carbocycles. The van der Waals surface area contributed by atoms with E-state index in [1.165, 1.54) is 16.7 Å². The first-order chi connectivity index (χ1) is 21.1. The van der Waals surface area contributed by atoms with E-state index in [2.05, 4.69) is 21.9 Å². The van der Waals surface area contributed by atoms with E-state index in [0.717, 1.165) is 5.56 Å². The Hall–Kier alpha value is -4.67. The van der Waals surface area contributed by atoms with Crippen molar-refractivity contribution in [2.75, 3.05) is 36.4 Å². The second-order valence-electron chi connectivity index (χ2n) is 11.9. The van der Waals surface area contributed by atoms with E-state index in [9.17, 15) is 9.59 Å². The number of hydrogen-bond donors (Lipinski definition) is 1. The van der Waals surface area contributed by atoms with Gasteiger partial charge < -0.3 is 15.1 Å². The maximum atomic E-state index is 16.2. The van der Waals surface area contributed by atoms with Gasteiger partial charge in [0.2, 0.25) is 5.91 Å². The van der Waals surface area contributed by atoms with Gasteiger partial charge in [0.05, 0.1) is 22.3 Å². The molecule has 3 aromatic heterocycles. The summed E-state index contributed by atoms with van der Waals surface area (Å²) in [6.45, 7) is 13.0. The van der Waals surface area contributed by atoms with Gasteiger partial charge in [0.25, 0.3) is 0 Å². The second-order valence-corrected chi connectivity index (χ2v) is 11.9. The lowest BCUT2D eigenvalue weighted by Gasteiger charge is -2.41. The molecule has 1 N–H and O–H groups in total. The van der Waals surface area contributed by atoms with Crippen molar-refractivity contribution in [3.8, 4) is 16.9 Å². The molecule has 44 heavy (non-hydrogen) atoms. The number of benzene rings is 1. The SMILES string of the molecule is C=C(C)C(=O)N1CCN(c2nc(=O)n3c4nc(c(F)cc24)-c2c(F)cccc2NCCCc2ccnc(C(C)C)c2-3)C(C)C1. The van der Waals surface area contributed by atoms with Crippen LogP contribution in [0.5, 0.6) is 0 Å². The zero-order valence-electron chi connectivity index (χ0n) is 25.3. The molecule has 4 aromatic rings. The average Bonchev–Trinajstić information content (AvgIpc) is 2.98. The number of aromatic nitrogens is 4. The highest BCUT2D eigenvalue weighted by atomic mass is 19.1. The molecule has 9 nitrogen and oxygen atoms in total. The molecular weight excluding hydrogens is 564 g/mol.